The molecule has 51 heavy (non-hydrogen) atoms. The molecule has 5 heteroatoms. The van der Waals surface area contributed by atoms with E-state index in [9.17, 15) is 0 Å². The summed E-state index contributed by atoms with van der Waals surface area (Å²) in [5, 5.41) is 4.91. The molecule has 0 aliphatic heterocycles. The Morgan fingerprint density at radius 1 is 0.333 bits per heavy atom. The molecule has 0 fully saturated rings. The van der Waals surface area contributed by atoms with Gasteiger partial charge in [0.1, 0.15) is 0 Å². The van der Waals surface area contributed by atoms with Crippen LogP contribution in [-0.4, -0.2) is 24.1 Å². The fourth-order valence-electron chi connectivity index (χ4n) is 7.42. The van der Waals surface area contributed by atoms with Crippen LogP contribution in [0.25, 0.3) is 89.2 Å². The largest absolute Gasteiger partial charge is 0.309 e. The fourth-order valence-corrected chi connectivity index (χ4v) is 7.42. The maximum atomic E-state index is 5.03. The van der Waals surface area contributed by atoms with E-state index in [-0.39, 0.29) is 0 Å². The summed E-state index contributed by atoms with van der Waals surface area (Å²) >= 11 is 0. The molecule has 0 N–H and O–H groups in total. The Labute approximate surface area is 294 Å². The first-order chi connectivity index (χ1) is 25.2. The lowest BCUT2D eigenvalue weighted by atomic mass is 10.1. The van der Waals surface area contributed by atoms with Crippen molar-refractivity contribution in [2.75, 3.05) is 0 Å². The van der Waals surface area contributed by atoms with Crippen LogP contribution in [0.1, 0.15) is 5.56 Å². The van der Waals surface area contributed by atoms with Crippen LogP contribution in [0.2, 0.25) is 0 Å². The van der Waals surface area contributed by atoms with E-state index in [1.165, 1.54) is 38.1 Å². The quantitative estimate of drug-likeness (QED) is 0.186. The second-order valence-electron chi connectivity index (χ2n) is 13.0. The molecule has 3 heterocycles. The summed E-state index contributed by atoms with van der Waals surface area (Å²) in [4.78, 5) is 15.0. The van der Waals surface area contributed by atoms with E-state index in [4.69, 9.17) is 15.0 Å². The van der Waals surface area contributed by atoms with Gasteiger partial charge >= 0.3 is 0 Å². The topological polar surface area (TPSA) is 48.5 Å². The van der Waals surface area contributed by atoms with Crippen molar-refractivity contribution >= 4 is 43.6 Å². The van der Waals surface area contributed by atoms with E-state index < -0.39 is 0 Å². The fraction of sp³-hybridized carbons (Fsp3) is 0.0217. The molecule has 240 valence electrons. The first kappa shape index (κ1) is 29.1. The summed E-state index contributed by atoms with van der Waals surface area (Å²) in [6, 6.07) is 59.8. The molecule has 0 radical (unpaired) electrons. The number of rotatable bonds is 5. The van der Waals surface area contributed by atoms with Gasteiger partial charge in [0.05, 0.1) is 22.1 Å². The lowest BCUT2D eigenvalue weighted by Crippen LogP contribution is -2.01. The summed E-state index contributed by atoms with van der Waals surface area (Å²) in [5.74, 6) is 1.94. The molecule has 0 saturated carbocycles. The standard InChI is InChI=1S/C46H31N5/c1-30-22-24-32(25-23-30)45-47-44(31-12-3-2-4-13-31)48-46(49-45)33-14-11-15-34(28-33)50-42-21-10-7-18-38(42)39-29-35(26-27-43(39)50)51-40-19-8-5-16-36(40)37-17-6-9-20-41(37)51/h2-29H,1H3. The summed E-state index contributed by atoms with van der Waals surface area (Å²) in [6.07, 6.45) is 0. The molecule has 10 rings (SSSR count). The highest BCUT2D eigenvalue weighted by molar-refractivity contribution is 6.12. The van der Waals surface area contributed by atoms with E-state index in [0.29, 0.717) is 17.5 Å². The van der Waals surface area contributed by atoms with Crippen molar-refractivity contribution in [3.63, 3.8) is 0 Å². The van der Waals surface area contributed by atoms with Crippen LogP contribution in [0.3, 0.4) is 0 Å². The van der Waals surface area contributed by atoms with Crippen LogP contribution in [-0.2, 0) is 0 Å². The second-order valence-corrected chi connectivity index (χ2v) is 13.0. The molecule has 10 aromatic rings. The Balaban J connectivity index is 1.15. The Kier molecular flexibility index (Phi) is 6.64. The number of hydrogen-bond donors (Lipinski definition) is 0. The van der Waals surface area contributed by atoms with Crippen LogP contribution in [0.4, 0.5) is 0 Å². The third kappa shape index (κ3) is 4.82. The summed E-state index contributed by atoms with van der Waals surface area (Å²) in [5.41, 5.74) is 10.9. The number of fused-ring (bicyclic) bond motifs is 6. The molecule has 0 amide bonds. The molecule has 5 nitrogen and oxygen atoms in total. The minimum absolute atomic E-state index is 0.635. The van der Waals surface area contributed by atoms with Crippen LogP contribution >= 0.6 is 0 Å². The van der Waals surface area contributed by atoms with Gasteiger partial charge in [0.15, 0.2) is 17.5 Å². The normalized spacial score (nSPS) is 11.6. The summed E-state index contributed by atoms with van der Waals surface area (Å²) < 4.78 is 4.73. The Morgan fingerprint density at radius 2 is 0.784 bits per heavy atom. The monoisotopic (exact) mass is 653 g/mol. The van der Waals surface area contributed by atoms with Crippen molar-refractivity contribution in [1.29, 1.82) is 0 Å². The van der Waals surface area contributed by atoms with Gasteiger partial charge in [-0.2, -0.15) is 0 Å². The first-order valence-corrected chi connectivity index (χ1v) is 17.2. The highest BCUT2D eigenvalue weighted by Crippen LogP contribution is 2.37. The van der Waals surface area contributed by atoms with E-state index in [1.54, 1.807) is 0 Å². The zero-order valence-corrected chi connectivity index (χ0v) is 27.9. The van der Waals surface area contributed by atoms with Crippen LogP contribution in [0.5, 0.6) is 0 Å². The predicted octanol–water partition coefficient (Wildman–Crippen LogP) is 11.4. The van der Waals surface area contributed by atoms with Gasteiger partial charge < -0.3 is 9.13 Å². The number of nitrogens with zero attached hydrogens (tertiary/aromatic N) is 5. The molecule has 0 aliphatic carbocycles. The number of aromatic nitrogens is 5. The number of hydrogen-bond acceptors (Lipinski definition) is 3. The molecule has 0 spiro atoms. The zero-order chi connectivity index (χ0) is 33.9. The number of para-hydroxylation sites is 3. The van der Waals surface area contributed by atoms with Crippen LogP contribution < -0.4 is 0 Å². The molecular formula is C46H31N5. The molecule has 0 atom stereocenters. The molecule has 7 aromatic carbocycles. The lowest BCUT2D eigenvalue weighted by Gasteiger charge is -2.12. The Bertz CT molecular complexity index is 2860. The van der Waals surface area contributed by atoms with Crippen molar-refractivity contribution in [2.45, 2.75) is 6.92 Å². The van der Waals surface area contributed by atoms with Gasteiger partial charge in [-0.05, 0) is 55.5 Å². The van der Waals surface area contributed by atoms with Crippen molar-refractivity contribution in [3.8, 4) is 45.5 Å². The molecule has 0 saturated heterocycles. The molecule has 0 unspecified atom stereocenters. The number of aryl methyl sites for hydroxylation is 1. The first-order valence-electron chi connectivity index (χ1n) is 17.2. The van der Waals surface area contributed by atoms with Crippen molar-refractivity contribution in [2.24, 2.45) is 0 Å². The molecule has 0 bridgehead atoms. The maximum Gasteiger partial charge on any atom is 0.164 e. The van der Waals surface area contributed by atoms with E-state index >= 15 is 0 Å². The highest BCUT2D eigenvalue weighted by Gasteiger charge is 2.18. The van der Waals surface area contributed by atoms with Gasteiger partial charge in [-0.15, -0.1) is 0 Å². The Hall–Kier alpha value is -6.85. The molecule has 3 aromatic heterocycles. The van der Waals surface area contributed by atoms with Crippen LogP contribution in [0.15, 0.2) is 170 Å². The SMILES string of the molecule is Cc1ccc(-c2nc(-c3ccccc3)nc(-c3cccc(-n4c5ccccc5c5cc(-n6c7ccccc7c7ccccc76)ccc54)c3)n2)cc1. The van der Waals surface area contributed by atoms with Gasteiger partial charge in [0, 0.05) is 49.6 Å². The second kappa shape index (κ2) is 11.6. The third-order valence-corrected chi connectivity index (χ3v) is 9.83. The van der Waals surface area contributed by atoms with Gasteiger partial charge in [-0.25, -0.2) is 15.0 Å². The number of benzene rings is 7. The minimum atomic E-state index is 0.635. The summed E-state index contributed by atoms with van der Waals surface area (Å²) in [7, 11) is 0. The maximum absolute atomic E-state index is 5.03. The third-order valence-electron chi connectivity index (χ3n) is 9.83. The van der Waals surface area contributed by atoms with E-state index in [0.717, 1.165) is 39.1 Å². The van der Waals surface area contributed by atoms with E-state index in [2.05, 4.69) is 156 Å². The lowest BCUT2D eigenvalue weighted by molar-refractivity contribution is 1.07. The van der Waals surface area contributed by atoms with Gasteiger partial charge in [0.2, 0.25) is 0 Å². The van der Waals surface area contributed by atoms with E-state index in [1.807, 2.05) is 30.3 Å². The average Bonchev–Trinajstić information content (AvgIpc) is 3.71. The minimum Gasteiger partial charge on any atom is -0.309 e. The Morgan fingerprint density at radius 3 is 1.39 bits per heavy atom. The van der Waals surface area contributed by atoms with Gasteiger partial charge in [0.25, 0.3) is 0 Å². The average molecular weight is 654 g/mol. The molecular weight excluding hydrogens is 623 g/mol. The highest BCUT2D eigenvalue weighted by atomic mass is 15.0. The molecule has 0 aliphatic rings. The van der Waals surface area contributed by atoms with Gasteiger partial charge in [-0.3, -0.25) is 0 Å². The zero-order valence-electron chi connectivity index (χ0n) is 27.9. The smallest absolute Gasteiger partial charge is 0.164 e. The van der Waals surface area contributed by atoms with Crippen molar-refractivity contribution < 1.29 is 0 Å². The van der Waals surface area contributed by atoms with Gasteiger partial charge in [-0.1, -0.05) is 127 Å². The van der Waals surface area contributed by atoms with Crippen LogP contribution in [0, 0.1) is 6.92 Å². The predicted molar refractivity (Wildman–Crippen MR) is 210 cm³/mol. The van der Waals surface area contributed by atoms with Crippen molar-refractivity contribution in [1.82, 2.24) is 24.1 Å². The summed E-state index contributed by atoms with van der Waals surface area (Å²) in [6.45, 7) is 2.09. The van der Waals surface area contributed by atoms with Crippen molar-refractivity contribution in [3.05, 3.63) is 175 Å².